The summed E-state index contributed by atoms with van der Waals surface area (Å²) in [6.45, 7) is 8.51. The highest BCUT2D eigenvalue weighted by Gasteiger charge is 2.32. The Labute approximate surface area is 132 Å². The van der Waals surface area contributed by atoms with Crippen LogP contribution in [0.15, 0.2) is 0 Å². The SMILES string of the molecule is CCSC(C(=O)N1CCCC(C(=O)NCCN)C1)C(C)C. The molecule has 1 rings (SSSR count). The summed E-state index contributed by atoms with van der Waals surface area (Å²) in [5, 5.41) is 2.83. The third kappa shape index (κ3) is 5.51. The van der Waals surface area contributed by atoms with Crippen LogP contribution < -0.4 is 11.1 Å². The molecule has 0 spiro atoms. The van der Waals surface area contributed by atoms with Crippen LogP contribution in [-0.4, -0.2) is 53.9 Å². The van der Waals surface area contributed by atoms with Gasteiger partial charge in [-0.1, -0.05) is 20.8 Å². The maximum atomic E-state index is 12.7. The Morgan fingerprint density at radius 3 is 2.71 bits per heavy atom. The van der Waals surface area contributed by atoms with Crippen molar-refractivity contribution in [3.8, 4) is 0 Å². The second-order valence-electron chi connectivity index (χ2n) is 5.82. The summed E-state index contributed by atoms with van der Waals surface area (Å²) in [6.07, 6.45) is 1.75. The largest absolute Gasteiger partial charge is 0.355 e. The van der Waals surface area contributed by atoms with Crippen LogP contribution in [-0.2, 0) is 9.59 Å². The number of nitrogens with two attached hydrogens (primary N) is 1. The fraction of sp³-hybridized carbons (Fsp3) is 0.867. The van der Waals surface area contributed by atoms with E-state index in [4.69, 9.17) is 5.73 Å². The molecular formula is C15H29N3O2S. The maximum absolute atomic E-state index is 12.7. The summed E-state index contributed by atoms with van der Waals surface area (Å²) in [4.78, 5) is 26.6. The van der Waals surface area contributed by atoms with Crippen LogP contribution in [0.4, 0.5) is 0 Å². The van der Waals surface area contributed by atoms with E-state index < -0.39 is 0 Å². The molecule has 2 atom stereocenters. The highest BCUT2D eigenvalue weighted by Crippen LogP contribution is 2.25. The molecule has 0 bridgehead atoms. The van der Waals surface area contributed by atoms with Crippen molar-refractivity contribution >= 4 is 23.6 Å². The molecule has 1 aliphatic rings. The minimum atomic E-state index is -0.0892. The number of piperidine rings is 1. The molecule has 1 heterocycles. The summed E-state index contributed by atoms with van der Waals surface area (Å²) in [5.74, 6) is 1.38. The van der Waals surface area contributed by atoms with Crippen molar-refractivity contribution < 1.29 is 9.59 Å². The quantitative estimate of drug-likeness (QED) is 0.737. The molecule has 0 aromatic heterocycles. The molecule has 2 unspecified atom stereocenters. The van der Waals surface area contributed by atoms with Crippen LogP contribution in [0.1, 0.15) is 33.6 Å². The number of hydrogen-bond acceptors (Lipinski definition) is 4. The molecule has 0 aromatic rings. The Balaban J connectivity index is 2.62. The number of thioether (sulfide) groups is 1. The number of carbonyl (C=O) groups is 2. The minimum Gasteiger partial charge on any atom is -0.355 e. The van der Waals surface area contributed by atoms with Gasteiger partial charge in [0.05, 0.1) is 11.2 Å². The lowest BCUT2D eigenvalue weighted by atomic mass is 9.96. The first-order valence-electron chi connectivity index (χ1n) is 7.89. The lowest BCUT2D eigenvalue weighted by Crippen LogP contribution is -2.49. The molecule has 0 aliphatic carbocycles. The van der Waals surface area contributed by atoms with Gasteiger partial charge in [0.25, 0.3) is 0 Å². The first-order valence-corrected chi connectivity index (χ1v) is 8.94. The highest BCUT2D eigenvalue weighted by molar-refractivity contribution is 8.00. The van der Waals surface area contributed by atoms with Crippen molar-refractivity contribution in [3.63, 3.8) is 0 Å². The van der Waals surface area contributed by atoms with E-state index in [1.807, 2.05) is 4.90 Å². The van der Waals surface area contributed by atoms with Crippen molar-refractivity contribution in [3.05, 3.63) is 0 Å². The molecular weight excluding hydrogens is 286 g/mol. The predicted octanol–water partition coefficient (Wildman–Crippen LogP) is 1.08. The summed E-state index contributed by atoms with van der Waals surface area (Å²) in [5.41, 5.74) is 5.41. The third-order valence-electron chi connectivity index (χ3n) is 3.74. The van der Waals surface area contributed by atoms with Crippen molar-refractivity contribution in [1.82, 2.24) is 10.2 Å². The lowest BCUT2D eigenvalue weighted by Gasteiger charge is -2.35. The van der Waals surface area contributed by atoms with Crippen LogP contribution in [0.5, 0.6) is 0 Å². The van der Waals surface area contributed by atoms with Crippen LogP contribution in [0.3, 0.4) is 0 Å². The Hall–Kier alpha value is -0.750. The standard InChI is InChI=1S/C15H29N3O2S/c1-4-21-13(11(2)3)15(20)18-9-5-6-12(10-18)14(19)17-8-7-16/h11-13H,4-10,16H2,1-3H3,(H,17,19). The summed E-state index contributed by atoms with van der Waals surface area (Å²) < 4.78 is 0. The number of likely N-dealkylation sites (tertiary alicyclic amines) is 1. The van der Waals surface area contributed by atoms with Gasteiger partial charge in [-0.25, -0.2) is 0 Å². The molecule has 6 heteroatoms. The van der Waals surface area contributed by atoms with Crippen LogP contribution in [0.2, 0.25) is 0 Å². The first-order chi connectivity index (χ1) is 10.0. The Bertz CT molecular complexity index is 350. The molecule has 1 aliphatic heterocycles. The Morgan fingerprint density at radius 1 is 1.43 bits per heavy atom. The van der Waals surface area contributed by atoms with Gasteiger partial charge in [0.15, 0.2) is 0 Å². The van der Waals surface area contributed by atoms with E-state index in [1.165, 1.54) is 0 Å². The van der Waals surface area contributed by atoms with Gasteiger partial charge in [0, 0.05) is 26.2 Å². The fourth-order valence-electron chi connectivity index (χ4n) is 2.64. The zero-order valence-corrected chi connectivity index (χ0v) is 14.2. The monoisotopic (exact) mass is 315 g/mol. The second kappa shape index (κ2) is 9.30. The predicted molar refractivity (Wildman–Crippen MR) is 88.1 cm³/mol. The Kier molecular flexibility index (Phi) is 8.11. The first kappa shape index (κ1) is 18.3. The summed E-state index contributed by atoms with van der Waals surface area (Å²) >= 11 is 1.70. The van der Waals surface area contributed by atoms with Gasteiger partial charge in [-0.05, 0) is 24.5 Å². The van der Waals surface area contributed by atoms with Crippen LogP contribution >= 0.6 is 11.8 Å². The van der Waals surface area contributed by atoms with Crippen molar-refractivity contribution in [2.24, 2.45) is 17.6 Å². The smallest absolute Gasteiger partial charge is 0.235 e. The van der Waals surface area contributed by atoms with Crippen LogP contribution in [0, 0.1) is 11.8 Å². The molecule has 0 radical (unpaired) electrons. The highest BCUT2D eigenvalue weighted by atomic mass is 32.2. The van der Waals surface area contributed by atoms with Gasteiger partial charge in [-0.3, -0.25) is 9.59 Å². The zero-order valence-electron chi connectivity index (χ0n) is 13.4. The van der Waals surface area contributed by atoms with Gasteiger partial charge in [-0.2, -0.15) is 0 Å². The molecule has 2 amide bonds. The lowest BCUT2D eigenvalue weighted by molar-refractivity contribution is -0.135. The maximum Gasteiger partial charge on any atom is 0.235 e. The average Bonchev–Trinajstić information content (AvgIpc) is 2.49. The topological polar surface area (TPSA) is 75.4 Å². The molecule has 0 aromatic carbocycles. The van der Waals surface area contributed by atoms with Gasteiger partial charge in [-0.15, -0.1) is 11.8 Å². The average molecular weight is 315 g/mol. The van der Waals surface area contributed by atoms with E-state index in [2.05, 4.69) is 26.1 Å². The zero-order chi connectivity index (χ0) is 15.8. The molecule has 122 valence electrons. The molecule has 21 heavy (non-hydrogen) atoms. The normalized spacial score (nSPS) is 20.4. The molecule has 5 nitrogen and oxygen atoms in total. The van der Waals surface area contributed by atoms with Crippen molar-refractivity contribution in [2.45, 2.75) is 38.9 Å². The van der Waals surface area contributed by atoms with Crippen LogP contribution in [0.25, 0.3) is 0 Å². The van der Waals surface area contributed by atoms with Gasteiger partial charge in [0.2, 0.25) is 11.8 Å². The number of rotatable bonds is 7. The molecule has 0 saturated carbocycles. The summed E-state index contributed by atoms with van der Waals surface area (Å²) in [6, 6.07) is 0. The van der Waals surface area contributed by atoms with E-state index >= 15 is 0 Å². The number of nitrogens with one attached hydrogen (secondary N) is 1. The van der Waals surface area contributed by atoms with E-state index in [1.54, 1.807) is 11.8 Å². The van der Waals surface area contributed by atoms with Gasteiger partial charge >= 0.3 is 0 Å². The van der Waals surface area contributed by atoms with Gasteiger partial charge in [0.1, 0.15) is 0 Å². The van der Waals surface area contributed by atoms with E-state index in [0.717, 1.165) is 25.1 Å². The Morgan fingerprint density at radius 2 is 2.14 bits per heavy atom. The molecule has 1 saturated heterocycles. The van der Waals surface area contributed by atoms with Crippen molar-refractivity contribution in [2.75, 3.05) is 31.9 Å². The molecule has 1 fully saturated rings. The fourth-order valence-corrected chi connectivity index (χ4v) is 3.68. The number of hydrogen-bond donors (Lipinski definition) is 2. The number of nitrogens with zero attached hydrogens (tertiary/aromatic N) is 1. The van der Waals surface area contributed by atoms with E-state index in [-0.39, 0.29) is 23.0 Å². The second-order valence-corrected chi connectivity index (χ2v) is 7.24. The van der Waals surface area contributed by atoms with Gasteiger partial charge < -0.3 is 16.0 Å². The summed E-state index contributed by atoms with van der Waals surface area (Å²) in [7, 11) is 0. The van der Waals surface area contributed by atoms with Crippen molar-refractivity contribution in [1.29, 1.82) is 0 Å². The van der Waals surface area contributed by atoms with E-state index in [9.17, 15) is 9.59 Å². The minimum absolute atomic E-state index is 0.000790. The van der Waals surface area contributed by atoms with E-state index in [0.29, 0.717) is 25.6 Å². The number of amides is 2. The third-order valence-corrected chi connectivity index (χ3v) is 5.18. The number of carbonyl (C=O) groups excluding carboxylic acids is 2. The molecule has 3 N–H and O–H groups in total.